The second kappa shape index (κ2) is 6.07. The van der Waals surface area contributed by atoms with E-state index in [2.05, 4.69) is 4.98 Å². The van der Waals surface area contributed by atoms with Gasteiger partial charge in [0.2, 0.25) is 0 Å². The molecule has 0 N–H and O–H groups in total. The molecule has 0 bridgehead atoms. The van der Waals surface area contributed by atoms with E-state index in [-0.39, 0.29) is 22.7 Å². The number of ether oxygens (including phenoxy) is 1. The maximum absolute atomic E-state index is 14.1. The van der Waals surface area contributed by atoms with Gasteiger partial charge in [-0.1, -0.05) is 32.0 Å². The van der Waals surface area contributed by atoms with Crippen molar-refractivity contribution in [3.63, 3.8) is 0 Å². The van der Waals surface area contributed by atoms with E-state index in [1.54, 1.807) is 10.8 Å². The fraction of sp³-hybridized carbons (Fsp3) is 0.263. The molecule has 0 unspecified atom stereocenters. The fourth-order valence-corrected chi connectivity index (χ4v) is 2.82. The first-order valence-corrected chi connectivity index (χ1v) is 7.79. The number of benzene rings is 1. The molecule has 0 atom stereocenters. The van der Waals surface area contributed by atoms with Crippen LogP contribution in [0.15, 0.2) is 41.3 Å². The van der Waals surface area contributed by atoms with E-state index < -0.39 is 5.82 Å². The van der Waals surface area contributed by atoms with Crippen molar-refractivity contribution < 1.29 is 9.13 Å². The summed E-state index contributed by atoms with van der Waals surface area (Å²) in [5.74, 6) is -0.622. The summed E-state index contributed by atoms with van der Waals surface area (Å²) < 4.78 is 20.6. The van der Waals surface area contributed by atoms with Crippen LogP contribution in [-0.4, -0.2) is 16.7 Å². The lowest BCUT2D eigenvalue weighted by atomic mass is 10.0. The first kappa shape index (κ1) is 16.2. The zero-order valence-corrected chi connectivity index (χ0v) is 14.1. The molecule has 3 aromatic rings. The number of nitrogens with zero attached hydrogens (tertiary/aromatic N) is 2. The maximum Gasteiger partial charge on any atom is 0.264 e. The number of hydrogen-bond acceptors (Lipinski definition) is 3. The lowest BCUT2D eigenvalue weighted by Crippen LogP contribution is -2.21. The van der Waals surface area contributed by atoms with Crippen LogP contribution >= 0.6 is 0 Å². The first-order valence-electron chi connectivity index (χ1n) is 7.79. The van der Waals surface area contributed by atoms with Gasteiger partial charge in [-0.25, -0.2) is 9.37 Å². The van der Waals surface area contributed by atoms with Crippen LogP contribution in [-0.2, 0) is 0 Å². The molecule has 0 aliphatic carbocycles. The molecule has 0 fully saturated rings. The quantitative estimate of drug-likeness (QED) is 0.731. The van der Waals surface area contributed by atoms with Crippen LogP contribution < -0.4 is 10.3 Å². The summed E-state index contributed by atoms with van der Waals surface area (Å²) >= 11 is 0. The van der Waals surface area contributed by atoms with Gasteiger partial charge in [-0.3, -0.25) is 9.36 Å². The predicted octanol–water partition coefficient (Wildman–Crippen LogP) is 3.97. The monoisotopic (exact) mass is 326 g/mol. The second-order valence-electron chi connectivity index (χ2n) is 6.08. The zero-order chi connectivity index (χ0) is 17.4. The first-order chi connectivity index (χ1) is 11.4. The third kappa shape index (κ3) is 2.56. The molecular weight excluding hydrogens is 307 g/mol. The van der Waals surface area contributed by atoms with Gasteiger partial charge in [-0.05, 0) is 36.1 Å². The Hall–Kier alpha value is -2.69. The summed E-state index contributed by atoms with van der Waals surface area (Å²) in [5.41, 5.74) is 2.81. The van der Waals surface area contributed by atoms with Gasteiger partial charge in [-0.15, -0.1) is 0 Å². The highest BCUT2D eigenvalue weighted by Crippen LogP contribution is 2.27. The Balaban J connectivity index is 2.44. The molecule has 0 radical (unpaired) electrons. The topological polar surface area (TPSA) is 44.1 Å². The minimum Gasteiger partial charge on any atom is -0.479 e. The Morgan fingerprint density at radius 3 is 2.58 bits per heavy atom. The van der Waals surface area contributed by atoms with Gasteiger partial charge in [0, 0.05) is 6.20 Å². The van der Waals surface area contributed by atoms with E-state index in [9.17, 15) is 9.18 Å². The van der Waals surface area contributed by atoms with Crippen LogP contribution in [0.25, 0.3) is 16.6 Å². The lowest BCUT2D eigenvalue weighted by molar-refractivity contribution is 0.371. The molecule has 24 heavy (non-hydrogen) atoms. The van der Waals surface area contributed by atoms with E-state index in [0.717, 1.165) is 16.8 Å². The highest BCUT2D eigenvalue weighted by molar-refractivity contribution is 5.82. The van der Waals surface area contributed by atoms with E-state index in [4.69, 9.17) is 4.74 Å². The Labute approximate surface area is 139 Å². The number of rotatable bonds is 3. The molecule has 3 rings (SSSR count). The molecule has 1 aromatic carbocycles. The van der Waals surface area contributed by atoms with Crippen LogP contribution in [0.4, 0.5) is 4.39 Å². The second-order valence-corrected chi connectivity index (χ2v) is 6.08. The Bertz CT molecular complexity index is 977. The van der Waals surface area contributed by atoms with Gasteiger partial charge >= 0.3 is 0 Å². The smallest absolute Gasteiger partial charge is 0.264 e. The van der Waals surface area contributed by atoms with Crippen molar-refractivity contribution in [2.24, 2.45) is 0 Å². The zero-order valence-electron chi connectivity index (χ0n) is 14.1. The number of fused-ring (bicyclic) bond motifs is 1. The minimum absolute atomic E-state index is 0.0996. The number of aryl methyl sites for hydroxylation is 1. The summed E-state index contributed by atoms with van der Waals surface area (Å²) in [6.07, 6.45) is 1.79. The Kier molecular flexibility index (Phi) is 4.09. The Morgan fingerprint density at radius 2 is 1.96 bits per heavy atom. The van der Waals surface area contributed by atoms with Crippen LogP contribution in [0.1, 0.15) is 30.9 Å². The third-order valence-corrected chi connectivity index (χ3v) is 4.13. The largest absolute Gasteiger partial charge is 0.479 e. The standard InChI is InChI=1S/C19H19FN2O2/c1-11(2)14-10-22(16-8-6-5-7-12(16)3)19(23)13-9-15(20)18(24-4)21-17(13)14/h5-11H,1-4H3. The van der Waals surface area contributed by atoms with E-state index >= 15 is 0 Å². The molecule has 0 aliphatic rings. The van der Waals surface area contributed by atoms with Gasteiger partial charge in [0.15, 0.2) is 5.82 Å². The van der Waals surface area contributed by atoms with Gasteiger partial charge in [0.25, 0.3) is 11.4 Å². The molecule has 0 aliphatic heterocycles. The van der Waals surface area contributed by atoms with Crippen molar-refractivity contribution >= 4 is 10.9 Å². The lowest BCUT2D eigenvalue weighted by Gasteiger charge is -2.16. The summed E-state index contributed by atoms with van der Waals surface area (Å²) in [4.78, 5) is 17.1. The van der Waals surface area contributed by atoms with Crippen LogP contribution in [0.5, 0.6) is 5.88 Å². The number of pyridine rings is 2. The van der Waals surface area contributed by atoms with Crippen molar-refractivity contribution in [1.82, 2.24) is 9.55 Å². The number of hydrogen-bond donors (Lipinski definition) is 0. The Morgan fingerprint density at radius 1 is 1.25 bits per heavy atom. The molecule has 0 saturated heterocycles. The van der Waals surface area contributed by atoms with Gasteiger partial charge in [0.1, 0.15) is 0 Å². The van der Waals surface area contributed by atoms with E-state index in [0.29, 0.717) is 5.52 Å². The van der Waals surface area contributed by atoms with E-state index in [1.165, 1.54) is 13.2 Å². The summed E-state index contributed by atoms with van der Waals surface area (Å²) in [5, 5.41) is 0.253. The van der Waals surface area contributed by atoms with E-state index in [1.807, 2.05) is 45.0 Å². The van der Waals surface area contributed by atoms with Crippen molar-refractivity contribution in [2.75, 3.05) is 7.11 Å². The number of methoxy groups -OCH3 is 1. The summed E-state index contributed by atoms with van der Waals surface area (Å²) in [6.45, 7) is 5.96. The van der Waals surface area contributed by atoms with Crippen LogP contribution in [0, 0.1) is 12.7 Å². The molecule has 0 amide bonds. The van der Waals surface area contributed by atoms with Crippen molar-refractivity contribution in [3.8, 4) is 11.6 Å². The predicted molar refractivity (Wildman–Crippen MR) is 92.7 cm³/mol. The number of para-hydroxylation sites is 1. The number of aromatic nitrogens is 2. The summed E-state index contributed by atoms with van der Waals surface area (Å²) in [7, 11) is 1.36. The van der Waals surface area contributed by atoms with Crippen molar-refractivity contribution in [3.05, 3.63) is 63.8 Å². The van der Waals surface area contributed by atoms with Crippen LogP contribution in [0.2, 0.25) is 0 Å². The molecule has 2 aromatic heterocycles. The third-order valence-electron chi connectivity index (χ3n) is 4.13. The molecule has 5 heteroatoms. The van der Waals surface area contributed by atoms with Gasteiger partial charge in [-0.2, -0.15) is 0 Å². The molecule has 0 spiro atoms. The normalized spacial score (nSPS) is 11.2. The van der Waals surface area contributed by atoms with Gasteiger partial charge in [0.05, 0.1) is 23.7 Å². The van der Waals surface area contributed by atoms with Crippen LogP contribution in [0.3, 0.4) is 0 Å². The molecular formula is C19H19FN2O2. The van der Waals surface area contributed by atoms with Crippen molar-refractivity contribution in [1.29, 1.82) is 0 Å². The highest BCUT2D eigenvalue weighted by Gasteiger charge is 2.18. The highest BCUT2D eigenvalue weighted by atomic mass is 19.1. The van der Waals surface area contributed by atoms with Crippen molar-refractivity contribution in [2.45, 2.75) is 26.7 Å². The minimum atomic E-state index is -0.640. The number of halogens is 1. The SMILES string of the molecule is COc1nc2c(C(C)C)cn(-c3ccccc3C)c(=O)c2cc1F. The molecule has 2 heterocycles. The summed E-state index contributed by atoms with van der Waals surface area (Å²) in [6, 6.07) is 8.82. The fourth-order valence-electron chi connectivity index (χ4n) is 2.82. The van der Waals surface area contributed by atoms with Gasteiger partial charge < -0.3 is 4.74 Å². The average molecular weight is 326 g/mol. The average Bonchev–Trinajstić information content (AvgIpc) is 2.56. The maximum atomic E-state index is 14.1. The molecule has 4 nitrogen and oxygen atoms in total. The molecule has 124 valence electrons. The molecule has 0 saturated carbocycles.